The van der Waals surface area contributed by atoms with E-state index in [1.54, 1.807) is 6.20 Å². The molecule has 12 heteroatoms. The Balaban J connectivity index is 1.58. The van der Waals surface area contributed by atoms with Gasteiger partial charge in [-0.25, -0.2) is 9.78 Å². The van der Waals surface area contributed by atoms with Crippen molar-refractivity contribution < 1.29 is 34.1 Å². The van der Waals surface area contributed by atoms with Crippen LogP contribution in [-0.4, -0.2) is 68.3 Å². The van der Waals surface area contributed by atoms with Gasteiger partial charge < -0.3 is 35.9 Å². The summed E-state index contributed by atoms with van der Waals surface area (Å²) in [5, 5.41) is 29.9. The number of H-pyrrole nitrogens is 1. The first-order valence-corrected chi connectivity index (χ1v) is 15.5. The summed E-state index contributed by atoms with van der Waals surface area (Å²) in [4.78, 5) is 59.0. The maximum atomic E-state index is 14.0. The third-order valence-electron chi connectivity index (χ3n) is 7.63. The molecule has 0 bridgehead atoms. The van der Waals surface area contributed by atoms with Gasteiger partial charge in [-0.15, -0.1) is 0 Å². The number of aromatic amines is 1. The van der Waals surface area contributed by atoms with Crippen LogP contribution in [0.5, 0.6) is 0 Å². The van der Waals surface area contributed by atoms with Crippen molar-refractivity contribution in [1.29, 1.82) is 0 Å². The van der Waals surface area contributed by atoms with Gasteiger partial charge in [0.15, 0.2) is 0 Å². The summed E-state index contributed by atoms with van der Waals surface area (Å²) < 4.78 is 5.42. The molecule has 1 aromatic heterocycles. The Labute approximate surface area is 272 Å². The molecule has 0 aliphatic carbocycles. The maximum Gasteiger partial charge on any atom is 0.408 e. The van der Waals surface area contributed by atoms with Crippen molar-refractivity contribution in [2.45, 2.75) is 70.4 Å². The molecule has 0 radical (unpaired) electrons. The molecule has 0 fully saturated rings. The molecule has 0 spiro atoms. The van der Waals surface area contributed by atoms with E-state index >= 15 is 0 Å². The highest BCUT2D eigenvalue weighted by Crippen LogP contribution is 2.20. The number of nitrogens with zero attached hydrogens (tertiary/aromatic N) is 1. The molecule has 0 saturated heterocycles. The number of hydrogen-bond donors (Lipinski definition) is 6. The van der Waals surface area contributed by atoms with Gasteiger partial charge >= 0.3 is 12.1 Å². The van der Waals surface area contributed by atoms with Crippen LogP contribution in [0.2, 0.25) is 0 Å². The molecule has 0 aliphatic rings. The zero-order valence-corrected chi connectivity index (χ0v) is 26.4. The van der Waals surface area contributed by atoms with E-state index in [1.807, 2.05) is 86.6 Å². The smallest absolute Gasteiger partial charge is 0.408 e. The lowest BCUT2D eigenvalue weighted by atomic mass is 9.96. The SMILES string of the molecule is CC(C)CC(NC(=O)[C@H](Cc1c[nH]cn1)NC(=O)[C@@H](Cc1cccc2ccccc12)NC(=O)OCc1ccccc1)C(O)CC(=O)O. The summed E-state index contributed by atoms with van der Waals surface area (Å²) in [6, 6.07) is 19.3. The molecule has 1 heterocycles. The Hall–Kier alpha value is -5.23. The lowest BCUT2D eigenvalue weighted by molar-refractivity contribution is -0.140. The number of fused-ring (bicyclic) bond motifs is 1. The van der Waals surface area contributed by atoms with Crippen LogP contribution in [0.1, 0.15) is 43.5 Å². The fourth-order valence-corrected chi connectivity index (χ4v) is 5.32. The van der Waals surface area contributed by atoms with Crippen LogP contribution in [0.3, 0.4) is 0 Å². The van der Waals surface area contributed by atoms with Crippen molar-refractivity contribution in [3.8, 4) is 0 Å². The van der Waals surface area contributed by atoms with Gasteiger partial charge in [0.1, 0.15) is 18.7 Å². The quantitative estimate of drug-likeness (QED) is 0.107. The topological polar surface area (TPSA) is 183 Å². The number of ether oxygens (including phenoxy) is 1. The Bertz CT molecular complexity index is 1620. The monoisotopic (exact) mass is 643 g/mol. The second-order valence-electron chi connectivity index (χ2n) is 11.8. The third kappa shape index (κ3) is 10.7. The molecular weight excluding hydrogens is 602 g/mol. The van der Waals surface area contributed by atoms with Gasteiger partial charge in [0.2, 0.25) is 11.8 Å². The first-order valence-electron chi connectivity index (χ1n) is 15.5. The summed E-state index contributed by atoms with van der Waals surface area (Å²) in [6.07, 6.45) is 0.707. The number of aliphatic hydroxyl groups excluding tert-OH is 1. The Kier molecular flexibility index (Phi) is 12.5. The number of aromatic nitrogens is 2. The van der Waals surface area contributed by atoms with Crippen molar-refractivity contribution in [2.75, 3.05) is 0 Å². The first kappa shape index (κ1) is 34.6. The van der Waals surface area contributed by atoms with Gasteiger partial charge in [-0.05, 0) is 34.2 Å². The molecule has 248 valence electrons. The predicted octanol–water partition coefficient (Wildman–Crippen LogP) is 3.49. The first-order chi connectivity index (χ1) is 22.6. The standard InChI is InChI=1S/C35H41N5O7/c1-22(2)15-28(31(41)18-32(42)43)38-34(45)30(17-26-19-36-21-37-26)39-33(44)29(40-35(46)47-20-23-9-4-3-5-10-23)16-25-13-8-12-24-11-6-7-14-27(24)25/h3-14,19,21-22,28-31,41H,15-18,20H2,1-2H3,(H,36,37)(H,38,45)(H,39,44)(H,40,46)(H,42,43)/t28?,29-,30+,31?/m1/s1. The minimum atomic E-state index is -1.35. The minimum Gasteiger partial charge on any atom is -0.481 e. The van der Waals surface area contributed by atoms with Gasteiger partial charge in [-0.3, -0.25) is 14.4 Å². The van der Waals surface area contributed by atoms with Crippen LogP contribution in [0.4, 0.5) is 4.79 Å². The van der Waals surface area contributed by atoms with Gasteiger partial charge in [-0.1, -0.05) is 86.6 Å². The van der Waals surface area contributed by atoms with Gasteiger partial charge in [0.05, 0.1) is 30.6 Å². The lowest BCUT2D eigenvalue weighted by Crippen LogP contribution is -2.57. The van der Waals surface area contributed by atoms with Crippen LogP contribution in [0.15, 0.2) is 85.3 Å². The number of benzene rings is 3. The summed E-state index contributed by atoms with van der Waals surface area (Å²) in [5.74, 6) is -2.45. The van der Waals surface area contributed by atoms with Gasteiger partial charge in [0.25, 0.3) is 0 Å². The number of nitrogens with one attached hydrogen (secondary N) is 4. The third-order valence-corrected chi connectivity index (χ3v) is 7.63. The Morgan fingerprint density at radius 3 is 2.23 bits per heavy atom. The van der Waals surface area contributed by atoms with E-state index in [0.29, 0.717) is 12.1 Å². The summed E-state index contributed by atoms with van der Waals surface area (Å²) >= 11 is 0. The second-order valence-corrected chi connectivity index (χ2v) is 11.8. The van der Waals surface area contributed by atoms with Crippen LogP contribution >= 0.6 is 0 Å². The molecule has 3 amide bonds. The number of imidazole rings is 1. The van der Waals surface area contributed by atoms with E-state index in [0.717, 1.165) is 21.9 Å². The molecule has 2 unspecified atom stereocenters. The maximum absolute atomic E-state index is 14.0. The van der Waals surface area contributed by atoms with Crippen molar-refractivity contribution in [1.82, 2.24) is 25.9 Å². The highest BCUT2D eigenvalue weighted by molar-refractivity contribution is 5.93. The number of aliphatic carboxylic acids is 1. The highest BCUT2D eigenvalue weighted by Gasteiger charge is 2.32. The second kappa shape index (κ2) is 16.9. The molecule has 4 aromatic rings. The number of rotatable bonds is 16. The molecule has 4 rings (SSSR count). The van der Waals surface area contributed by atoms with Crippen LogP contribution in [0, 0.1) is 5.92 Å². The number of hydrogen-bond acceptors (Lipinski definition) is 7. The molecule has 47 heavy (non-hydrogen) atoms. The van der Waals surface area contributed by atoms with E-state index in [-0.39, 0.29) is 25.4 Å². The number of alkyl carbamates (subject to hydrolysis) is 1. The fourth-order valence-electron chi connectivity index (χ4n) is 5.32. The molecule has 6 N–H and O–H groups in total. The normalized spacial score (nSPS) is 13.7. The van der Waals surface area contributed by atoms with Gasteiger partial charge in [0, 0.05) is 19.0 Å². The van der Waals surface area contributed by atoms with Crippen LogP contribution < -0.4 is 16.0 Å². The van der Waals surface area contributed by atoms with Crippen LogP contribution in [-0.2, 0) is 38.6 Å². The fraction of sp³-hybridized carbons (Fsp3) is 0.343. The number of amides is 3. The molecule has 0 saturated carbocycles. The zero-order chi connectivity index (χ0) is 33.8. The number of carbonyl (C=O) groups excluding carboxylic acids is 3. The van der Waals surface area contributed by atoms with E-state index in [9.17, 15) is 29.4 Å². The Morgan fingerprint density at radius 1 is 0.851 bits per heavy atom. The molecule has 12 nitrogen and oxygen atoms in total. The van der Waals surface area contributed by atoms with Crippen molar-refractivity contribution in [3.05, 3.63) is 102 Å². The molecular formula is C35H41N5O7. The molecule has 0 aliphatic heterocycles. The van der Waals surface area contributed by atoms with E-state index in [1.165, 1.54) is 6.33 Å². The van der Waals surface area contributed by atoms with E-state index in [4.69, 9.17) is 4.74 Å². The van der Waals surface area contributed by atoms with Crippen molar-refractivity contribution in [3.63, 3.8) is 0 Å². The molecule has 4 atom stereocenters. The summed E-state index contributed by atoms with van der Waals surface area (Å²) in [7, 11) is 0. The predicted molar refractivity (Wildman–Crippen MR) is 175 cm³/mol. The van der Waals surface area contributed by atoms with Gasteiger partial charge in [-0.2, -0.15) is 0 Å². The number of carboxylic acids is 1. The van der Waals surface area contributed by atoms with Crippen LogP contribution in [0.25, 0.3) is 10.8 Å². The summed E-state index contributed by atoms with van der Waals surface area (Å²) in [6.45, 7) is 3.77. The zero-order valence-electron chi connectivity index (χ0n) is 26.4. The van der Waals surface area contributed by atoms with Crippen molar-refractivity contribution in [2.24, 2.45) is 5.92 Å². The van der Waals surface area contributed by atoms with E-state index < -0.39 is 54.5 Å². The number of carbonyl (C=O) groups is 4. The number of aliphatic hydroxyl groups is 1. The summed E-state index contributed by atoms with van der Waals surface area (Å²) in [5.41, 5.74) is 2.06. The number of carboxylic acid groups (broad SMARTS) is 1. The highest BCUT2D eigenvalue weighted by atomic mass is 16.5. The van der Waals surface area contributed by atoms with Crippen molar-refractivity contribution >= 4 is 34.6 Å². The largest absolute Gasteiger partial charge is 0.481 e. The van der Waals surface area contributed by atoms with E-state index in [2.05, 4.69) is 25.9 Å². The molecule has 3 aromatic carbocycles. The lowest BCUT2D eigenvalue weighted by Gasteiger charge is -2.28. The average molecular weight is 644 g/mol. The average Bonchev–Trinajstić information content (AvgIpc) is 3.56. The Morgan fingerprint density at radius 2 is 1.53 bits per heavy atom. The minimum absolute atomic E-state index is 0.00458.